The Morgan fingerprint density at radius 3 is 2.65 bits per heavy atom. The van der Waals surface area contributed by atoms with Crippen LogP contribution in [0.2, 0.25) is 0 Å². The number of fused-ring (bicyclic) bond motifs is 1. The molecule has 0 radical (unpaired) electrons. The zero-order valence-electron chi connectivity index (χ0n) is 14.2. The van der Waals surface area contributed by atoms with Gasteiger partial charge < -0.3 is 14.8 Å². The Balaban J connectivity index is 1.63. The molecular weight excluding hydrogens is 342 g/mol. The van der Waals surface area contributed by atoms with Crippen LogP contribution in [0.3, 0.4) is 0 Å². The largest absolute Gasteiger partial charge is 0.467 e. The second kappa shape index (κ2) is 7.42. The highest BCUT2D eigenvalue weighted by Gasteiger charge is 2.49. The van der Waals surface area contributed by atoms with Crippen molar-refractivity contribution in [1.29, 1.82) is 0 Å². The molecule has 3 amide bonds. The van der Waals surface area contributed by atoms with Crippen LogP contribution in [0.4, 0.5) is 4.79 Å². The van der Waals surface area contributed by atoms with E-state index in [2.05, 4.69) is 10.1 Å². The maximum Gasteiger partial charge on any atom is 0.408 e. The Morgan fingerprint density at radius 1 is 1.23 bits per heavy atom. The average Bonchev–Trinajstić information content (AvgIpc) is 3.10. The Bertz CT molecular complexity index is 722. The Kier molecular flexibility index (Phi) is 5.06. The van der Waals surface area contributed by atoms with Crippen LogP contribution in [0.25, 0.3) is 0 Å². The van der Waals surface area contributed by atoms with E-state index in [1.807, 2.05) is 18.2 Å². The molecule has 0 spiro atoms. The molecule has 0 saturated carbocycles. The average molecular weight is 361 g/mol. The van der Waals surface area contributed by atoms with Crippen LogP contribution in [0.15, 0.2) is 30.3 Å². The van der Waals surface area contributed by atoms with Crippen LogP contribution < -0.4 is 5.32 Å². The van der Waals surface area contributed by atoms with Crippen LogP contribution in [0.1, 0.15) is 18.4 Å². The summed E-state index contributed by atoms with van der Waals surface area (Å²) in [4.78, 5) is 48.7. The van der Waals surface area contributed by atoms with Gasteiger partial charge in [0, 0.05) is 13.0 Å². The van der Waals surface area contributed by atoms with Gasteiger partial charge in [-0.3, -0.25) is 14.6 Å². The van der Waals surface area contributed by atoms with E-state index in [1.54, 1.807) is 12.1 Å². The zero-order valence-corrected chi connectivity index (χ0v) is 14.2. The number of hydrogen-bond donors (Lipinski definition) is 1. The third-order valence-electron chi connectivity index (χ3n) is 4.34. The van der Waals surface area contributed by atoms with Gasteiger partial charge in [0.15, 0.2) is 6.04 Å². The lowest BCUT2D eigenvalue weighted by Crippen LogP contribution is -2.62. The third kappa shape index (κ3) is 3.46. The summed E-state index contributed by atoms with van der Waals surface area (Å²) in [6.45, 7) is 0.303. The van der Waals surface area contributed by atoms with Crippen molar-refractivity contribution in [3.63, 3.8) is 0 Å². The van der Waals surface area contributed by atoms with Crippen LogP contribution in [-0.2, 0) is 30.5 Å². The lowest BCUT2D eigenvalue weighted by molar-refractivity contribution is -0.175. The molecule has 2 saturated heterocycles. The molecule has 2 fully saturated rings. The molecule has 2 heterocycles. The number of ether oxygens (including phenoxy) is 2. The summed E-state index contributed by atoms with van der Waals surface area (Å²) in [5.74, 6) is -1.47. The summed E-state index contributed by atoms with van der Waals surface area (Å²) < 4.78 is 9.77. The molecule has 26 heavy (non-hydrogen) atoms. The maximum atomic E-state index is 12.6. The zero-order chi connectivity index (χ0) is 18.7. The molecule has 138 valence electrons. The predicted octanol–water partition coefficient (Wildman–Crippen LogP) is 0.203. The van der Waals surface area contributed by atoms with Gasteiger partial charge >= 0.3 is 12.1 Å². The van der Waals surface area contributed by atoms with Gasteiger partial charge in [0.05, 0.1) is 13.5 Å². The number of carbonyl (C=O) groups is 4. The topological polar surface area (TPSA) is 105 Å². The first-order valence-electron chi connectivity index (χ1n) is 8.19. The molecule has 3 rings (SSSR count). The first kappa shape index (κ1) is 17.7. The van der Waals surface area contributed by atoms with E-state index in [4.69, 9.17) is 4.74 Å². The Hall–Kier alpha value is -3.10. The molecule has 1 aromatic carbocycles. The molecule has 2 atom stereocenters. The molecule has 1 N–H and O–H groups in total. The van der Waals surface area contributed by atoms with Crippen molar-refractivity contribution in [1.82, 2.24) is 15.3 Å². The number of amides is 3. The summed E-state index contributed by atoms with van der Waals surface area (Å²) >= 11 is 0. The van der Waals surface area contributed by atoms with E-state index in [9.17, 15) is 19.2 Å². The van der Waals surface area contributed by atoms with Crippen molar-refractivity contribution in [2.75, 3.05) is 13.7 Å². The van der Waals surface area contributed by atoms with Gasteiger partial charge in [0.1, 0.15) is 12.6 Å². The van der Waals surface area contributed by atoms with Gasteiger partial charge in [-0.2, -0.15) is 0 Å². The van der Waals surface area contributed by atoms with Gasteiger partial charge in [-0.1, -0.05) is 30.3 Å². The van der Waals surface area contributed by atoms with Crippen molar-refractivity contribution in [3.05, 3.63) is 35.9 Å². The van der Waals surface area contributed by atoms with Gasteiger partial charge in [-0.15, -0.1) is 0 Å². The van der Waals surface area contributed by atoms with Crippen molar-refractivity contribution in [3.8, 4) is 0 Å². The number of nitrogens with one attached hydrogen (secondary N) is 1. The summed E-state index contributed by atoms with van der Waals surface area (Å²) in [5, 5.41) is 4.72. The summed E-state index contributed by atoms with van der Waals surface area (Å²) in [6, 6.07) is 7.13. The van der Waals surface area contributed by atoms with Crippen LogP contribution in [0, 0.1) is 0 Å². The molecule has 1 aromatic rings. The van der Waals surface area contributed by atoms with E-state index in [0.717, 1.165) is 10.6 Å². The number of nitrogens with zero attached hydrogens (tertiary/aromatic N) is 2. The smallest absolute Gasteiger partial charge is 0.408 e. The Labute approximate surface area is 149 Å². The van der Waals surface area contributed by atoms with Crippen molar-refractivity contribution >= 4 is 23.9 Å². The molecular formula is C17H19N3O6. The van der Waals surface area contributed by atoms with E-state index in [0.29, 0.717) is 6.42 Å². The highest BCUT2D eigenvalue weighted by Crippen LogP contribution is 2.26. The fraction of sp³-hybridized carbons (Fsp3) is 0.412. The Morgan fingerprint density at radius 2 is 1.96 bits per heavy atom. The van der Waals surface area contributed by atoms with Crippen LogP contribution >= 0.6 is 0 Å². The van der Waals surface area contributed by atoms with E-state index < -0.39 is 30.1 Å². The van der Waals surface area contributed by atoms with Crippen LogP contribution in [0.5, 0.6) is 0 Å². The highest BCUT2D eigenvalue weighted by molar-refractivity contribution is 5.98. The standard InChI is InChI=1S/C17H19N3O6/c1-25-16(23)13-7-8-19-14(21)9-12(15(22)20(13)19)18-17(24)26-10-11-5-3-2-4-6-11/h2-6,12-13H,7-10H2,1H3,(H,18,24)/t12-,13-/m0/s1. The first-order chi connectivity index (χ1) is 12.5. The van der Waals surface area contributed by atoms with Gasteiger partial charge in [0.2, 0.25) is 5.91 Å². The van der Waals surface area contributed by atoms with Crippen LogP contribution in [-0.4, -0.2) is 59.6 Å². The van der Waals surface area contributed by atoms with E-state index in [-0.39, 0.29) is 25.5 Å². The third-order valence-corrected chi connectivity index (χ3v) is 4.34. The number of methoxy groups -OCH3 is 1. The minimum atomic E-state index is -1.08. The monoisotopic (exact) mass is 361 g/mol. The molecule has 9 heteroatoms. The number of hydrazine groups is 1. The van der Waals surface area contributed by atoms with Crippen molar-refractivity contribution in [2.24, 2.45) is 0 Å². The second-order valence-electron chi connectivity index (χ2n) is 5.99. The molecule has 2 aliphatic heterocycles. The van der Waals surface area contributed by atoms with Crippen molar-refractivity contribution < 1.29 is 28.7 Å². The minimum Gasteiger partial charge on any atom is -0.467 e. The summed E-state index contributed by atoms with van der Waals surface area (Å²) in [5.41, 5.74) is 0.796. The SMILES string of the molecule is COC(=O)[C@@H]1CCN2C(=O)C[C@H](NC(=O)OCc3ccccc3)C(=O)N12. The van der Waals surface area contributed by atoms with Crippen molar-refractivity contribution in [2.45, 2.75) is 31.5 Å². The number of rotatable bonds is 4. The minimum absolute atomic E-state index is 0.0438. The number of hydrogen-bond acceptors (Lipinski definition) is 6. The fourth-order valence-electron chi connectivity index (χ4n) is 3.06. The number of carbonyl (C=O) groups excluding carboxylic acids is 4. The lowest BCUT2D eigenvalue weighted by atomic mass is 10.1. The molecule has 9 nitrogen and oxygen atoms in total. The number of alkyl carbamates (subject to hydrolysis) is 1. The quantitative estimate of drug-likeness (QED) is 0.768. The number of benzene rings is 1. The fourth-order valence-corrected chi connectivity index (χ4v) is 3.06. The predicted molar refractivity (Wildman–Crippen MR) is 87.1 cm³/mol. The van der Waals surface area contributed by atoms with Gasteiger partial charge in [-0.05, 0) is 5.56 Å². The molecule has 0 bridgehead atoms. The van der Waals surface area contributed by atoms with Gasteiger partial charge in [0.25, 0.3) is 5.91 Å². The maximum absolute atomic E-state index is 12.6. The molecule has 0 aliphatic carbocycles. The molecule has 0 aromatic heterocycles. The lowest BCUT2D eigenvalue weighted by Gasteiger charge is -2.38. The highest BCUT2D eigenvalue weighted by atomic mass is 16.5. The summed E-state index contributed by atoms with van der Waals surface area (Å²) in [6.07, 6.45) is -0.679. The molecule has 0 unspecified atom stereocenters. The number of esters is 1. The van der Waals surface area contributed by atoms with E-state index in [1.165, 1.54) is 12.1 Å². The summed E-state index contributed by atoms with van der Waals surface area (Å²) in [7, 11) is 1.22. The van der Waals surface area contributed by atoms with Gasteiger partial charge in [-0.25, -0.2) is 14.6 Å². The van der Waals surface area contributed by atoms with E-state index >= 15 is 0 Å². The first-order valence-corrected chi connectivity index (χ1v) is 8.19. The second-order valence-corrected chi connectivity index (χ2v) is 5.99. The molecule has 2 aliphatic rings. The normalized spacial score (nSPS) is 22.0.